The highest BCUT2D eigenvalue weighted by Crippen LogP contribution is 2.36. The van der Waals surface area contributed by atoms with E-state index in [0.29, 0.717) is 12.0 Å². The van der Waals surface area contributed by atoms with Gasteiger partial charge in [0.05, 0.1) is 11.7 Å². The molecule has 2 rings (SSSR count). The van der Waals surface area contributed by atoms with Crippen LogP contribution in [-0.2, 0) is 0 Å². The van der Waals surface area contributed by atoms with E-state index in [1.807, 2.05) is 6.07 Å². The fourth-order valence-electron chi connectivity index (χ4n) is 1.83. The maximum Gasteiger partial charge on any atom is 0.0634 e. The number of rotatable bonds is 4. The molecule has 0 bridgehead atoms. The number of halogens is 2. The molecule has 2 aromatic rings. The third kappa shape index (κ3) is 3.16. The quantitative estimate of drug-likeness (QED) is 0.668. The molecule has 96 valence electrons. The molecule has 18 heavy (non-hydrogen) atoms. The summed E-state index contributed by atoms with van der Waals surface area (Å²) in [5, 5.41) is 5.76. The summed E-state index contributed by atoms with van der Waals surface area (Å²) in [6.45, 7) is 4.48. The highest BCUT2D eigenvalue weighted by atomic mass is 79.9. The Hall–Kier alpha value is -0.320. The van der Waals surface area contributed by atoms with Gasteiger partial charge in [0.1, 0.15) is 0 Å². The molecule has 0 aliphatic rings. The zero-order chi connectivity index (χ0) is 13.1. The molecule has 0 aliphatic carbocycles. The first kappa shape index (κ1) is 14.1. The van der Waals surface area contributed by atoms with Crippen molar-refractivity contribution in [3.05, 3.63) is 49.5 Å². The van der Waals surface area contributed by atoms with Gasteiger partial charge in [0.25, 0.3) is 0 Å². The van der Waals surface area contributed by atoms with Crippen LogP contribution in [0.2, 0.25) is 0 Å². The molecule has 0 radical (unpaired) electrons. The van der Waals surface area contributed by atoms with Gasteiger partial charge in [-0.15, -0.1) is 11.3 Å². The summed E-state index contributed by atoms with van der Waals surface area (Å²) >= 11 is 9.00. The lowest BCUT2D eigenvalue weighted by Gasteiger charge is -2.24. The Balaban J connectivity index is 2.30. The maximum absolute atomic E-state index is 3.63. The lowest BCUT2D eigenvalue weighted by atomic mass is 10.0. The van der Waals surface area contributed by atoms with Crippen molar-refractivity contribution in [1.82, 2.24) is 0 Å². The van der Waals surface area contributed by atoms with Gasteiger partial charge in [0.2, 0.25) is 0 Å². The van der Waals surface area contributed by atoms with Crippen LogP contribution in [0.5, 0.6) is 0 Å². The van der Waals surface area contributed by atoms with Crippen LogP contribution < -0.4 is 5.32 Å². The van der Waals surface area contributed by atoms with Gasteiger partial charge in [-0.25, -0.2) is 0 Å². The van der Waals surface area contributed by atoms with Crippen LogP contribution in [0, 0.1) is 5.92 Å². The summed E-state index contributed by atoms with van der Waals surface area (Å²) in [7, 11) is 0. The smallest absolute Gasteiger partial charge is 0.0634 e. The average molecular weight is 389 g/mol. The van der Waals surface area contributed by atoms with Crippen molar-refractivity contribution in [2.24, 2.45) is 5.92 Å². The molecular formula is C14H15Br2NS. The summed E-state index contributed by atoms with van der Waals surface area (Å²) in [6.07, 6.45) is 0. The lowest BCUT2D eigenvalue weighted by molar-refractivity contribution is 0.553. The second kappa shape index (κ2) is 6.22. The predicted molar refractivity (Wildman–Crippen MR) is 87.4 cm³/mol. The lowest BCUT2D eigenvalue weighted by Crippen LogP contribution is -2.16. The fraction of sp³-hybridized carbons (Fsp3) is 0.286. The predicted octanol–water partition coefficient (Wildman–Crippen LogP) is 6.08. The normalized spacial score (nSPS) is 12.7. The van der Waals surface area contributed by atoms with E-state index >= 15 is 0 Å². The summed E-state index contributed by atoms with van der Waals surface area (Å²) in [5.74, 6) is 0.530. The SMILES string of the molecule is CC(C)C(Nc1c(Br)cccc1Br)c1cccs1. The highest BCUT2D eigenvalue weighted by molar-refractivity contribution is 9.11. The maximum atomic E-state index is 3.63. The number of benzene rings is 1. The van der Waals surface area contributed by atoms with Crippen LogP contribution in [0.25, 0.3) is 0 Å². The molecule has 1 aromatic carbocycles. The Morgan fingerprint density at radius 1 is 1.06 bits per heavy atom. The number of para-hydroxylation sites is 1. The van der Waals surface area contributed by atoms with Crippen molar-refractivity contribution >= 4 is 48.9 Å². The van der Waals surface area contributed by atoms with Crippen LogP contribution in [0.1, 0.15) is 24.8 Å². The van der Waals surface area contributed by atoms with E-state index in [2.05, 4.69) is 80.7 Å². The molecule has 0 saturated heterocycles. The van der Waals surface area contributed by atoms with Crippen LogP contribution >= 0.6 is 43.2 Å². The third-order valence-electron chi connectivity index (χ3n) is 2.78. The molecule has 0 fully saturated rings. The molecule has 4 heteroatoms. The van der Waals surface area contributed by atoms with Gasteiger partial charge >= 0.3 is 0 Å². The first-order valence-corrected chi connectivity index (χ1v) is 8.30. The minimum atomic E-state index is 0.333. The topological polar surface area (TPSA) is 12.0 Å². The van der Waals surface area contributed by atoms with Crippen molar-refractivity contribution < 1.29 is 0 Å². The molecule has 1 nitrogen and oxygen atoms in total. The first-order valence-electron chi connectivity index (χ1n) is 5.83. The molecule has 1 N–H and O–H groups in total. The molecule has 0 aliphatic heterocycles. The standard InChI is InChI=1S/C14H15Br2NS/c1-9(2)13(12-7-4-8-18-12)17-14-10(15)5-3-6-11(14)16/h3-9,13,17H,1-2H3. The van der Waals surface area contributed by atoms with Crippen molar-refractivity contribution in [3.63, 3.8) is 0 Å². The Bertz CT molecular complexity index is 488. The Morgan fingerprint density at radius 3 is 2.22 bits per heavy atom. The number of hydrogen-bond donors (Lipinski definition) is 1. The molecule has 0 saturated carbocycles. The minimum Gasteiger partial charge on any atom is -0.375 e. The van der Waals surface area contributed by atoms with E-state index in [4.69, 9.17) is 0 Å². The van der Waals surface area contributed by atoms with Gasteiger partial charge in [0, 0.05) is 13.8 Å². The average Bonchev–Trinajstić information content (AvgIpc) is 2.81. The third-order valence-corrected chi connectivity index (χ3v) is 5.06. The molecule has 1 atom stereocenters. The van der Waals surface area contributed by atoms with Gasteiger partial charge in [-0.2, -0.15) is 0 Å². The highest BCUT2D eigenvalue weighted by Gasteiger charge is 2.18. The second-order valence-electron chi connectivity index (χ2n) is 4.48. The number of hydrogen-bond acceptors (Lipinski definition) is 2. The fourth-order valence-corrected chi connectivity index (χ4v) is 4.00. The van der Waals surface area contributed by atoms with Crippen molar-refractivity contribution in [2.75, 3.05) is 5.32 Å². The van der Waals surface area contributed by atoms with E-state index in [9.17, 15) is 0 Å². The summed E-state index contributed by atoms with van der Waals surface area (Å²) < 4.78 is 2.16. The van der Waals surface area contributed by atoms with Crippen LogP contribution in [0.4, 0.5) is 5.69 Å². The second-order valence-corrected chi connectivity index (χ2v) is 7.17. The number of nitrogens with one attached hydrogen (secondary N) is 1. The van der Waals surface area contributed by atoms with E-state index < -0.39 is 0 Å². The number of anilines is 1. The largest absolute Gasteiger partial charge is 0.375 e. The first-order chi connectivity index (χ1) is 8.59. The molecule has 1 heterocycles. The Labute approximate surface area is 129 Å². The van der Waals surface area contributed by atoms with Crippen molar-refractivity contribution in [3.8, 4) is 0 Å². The van der Waals surface area contributed by atoms with Crippen LogP contribution in [0.15, 0.2) is 44.7 Å². The molecule has 0 spiro atoms. The number of thiophene rings is 1. The molecule has 0 amide bonds. The van der Waals surface area contributed by atoms with E-state index in [1.165, 1.54) is 4.88 Å². The van der Waals surface area contributed by atoms with E-state index in [1.54, 1.807) is 11.3 Å². The molecule has 1 unspecified atom stereocenters. The summed E-state index contributed by atoms with van der Waals surface area (Å²) in [5.41, 5.74) is 1.12. The zero-order valence-electron chi connectivity index (χ0n) is 10.3. The zero-order valence-corrected chi connectivity index (χ0v) is 14.3. The van der Waals surface area contributed by atoms with E-state index in [0.717, 1.165) is 14.6 Å². The minimum absolute atomic E-state index is 0.333. The van der Waals surface area contributed by atoms with Gasteiger partial charge in [-0.3, -0.25) is 0 Å². The summed E-state index contributed by atoms with van der Waals surface area (Å²) in [6, 6.07) is 10.8. The monoisotopic (exact) mass is 387 g/mol. The molecule has 1 aromatic heterocycles. The van der Waals surface area contributed by atoms with Crippen molar-refractivity contribution in [1.29, 1.82) is 0 Å². The summed E-state index contributed by atoms with van der Waals surface area (Å²) in [4.78, 5) is 1.37. The van der Waals surface area contributed by atoms with Crippen LogP contribution in [0.3, 0.4) is 0 Å². The molecular weight excluding hydrogens is 374 g/mol. The van der Waals surface area contributed by atoms with Crippen molar-refractivity contribution in [2.45, 2.75) is 19.9 Å². The van der Waals surface area contributed by atoms with Gasteiger partial charge in [0.15, 0.2) is 0 Å². The van der Waals surface area contributed by atoms with E-state index in [-0.39, 0.29) is 0 Å². The van der Waals surface area contributed by atoms with Crippen LogP contribution in [-0.4, -0.2) is 0 Å². The Morgan fingerprint density at radius 2 is 1.72 bits per heavy atom. The van der Waals surface area contributed by atoms with Gasteiger partial charge < -0.3 is 5.32 Å². The van der Waals surface area contributed by atoms with Gasteiger partial charge in [-0.05, 0) is 61.4 Å². The van der Waals surface area contributed by atoms with Gasteiger partial charge in [-0.1, -0.05) is 26.0 Å². The Kier molecular flexibility index (Phi) is 4.87.